The summed E-state index contributed by atoms with van der Waals surface area (Å²) in [6.07, 6.45) is 0. The molecule has 0 spiro atoms. The molecule has 1 aromatic heterocycles. The first-order chi connectivity index (χ1) is 6.54. The summed E-state index contributed by atoms with van der Waals surface area (Å²) in [4.78, 5) is 15.1. The van der Waals surface area contributed by atoms with Gasteiger partial charge in [-0.1, -0.05) is 0 Å². The van der Waals surface area contributed by atoms with E-state index in [2.05, 4.69) is 10.3 Å². The molecule has 0 fully saturated rings. The summed E-state index contributed by atoms with van der Waals surface area (Å²) < 4.78 is 0. The van der Waals surface area contributed by atoms with Crippen molar-refractivity contribution in [2.24, 2.45) is 5.84 Å². The summed E-state index contributed by atoms with van der Waals surface area (Å²) in [7, 11) is 4.00. The van der Waals surface area contributed by atoms with E-state index < -0.39 is 0 Å². The maximum atomic E-state index is 11.2. The molecule has 0 aliphatic rings. The monoisotopic (exact) mass is 213 g/mol. The Balaban J connectivity index is 2.87. The van der Waals surface area contributed by atoms with Crippen molar-refractivity contribution in [3.05, 3.63) is 21.4 Å². The van der Waals surface area contributed by atoms with Gasteiger partial charge in [0.05, 0.1) is 4.88 Å². The zero-order valence-electron chi connectivity index (χ0n) is 8.63. The lowest BCUT2D eigenvalue weighted by Gasteiger charge is -2.07. The van der Waals surface area contributed by atoms with Crippen LogP contribution in [0.4, 0.5) is 0 Å². The van der Waals surface area contributed by atoms with Gasteiger partial charge in [0.1, 0.15) is 0 Å². The minimum absolute atomic E-state index is 0.219. The number of aryl methyl sites for hydroxylation is 1. The molecule has 1 aromatic rings. The van der Waals surface area contributed by atoms with E-state index in [-0.39, 0.29) is 5.91 Å². The van der Waals surface area contributed by atoms with E-state index in [1.807, 2.05) is 27.1 Å². The molecule has 0 aromatic carbocycles. The highest BCUT2D eigenvalue weighted by atomic mass is 32.1. The van der Waals surface area contributed by atoms with Gasteiger partial charge in [-0.2, -0.15) is 0 Å². The van der Waals surface area contributed by atoms with E-state index >= 15 is 0 Å². The van der Waals surface area contributed by atoms with Gasteiger partial charge < -0.3 is 4.90 Å². The third-order valence-electron chi connectivity index (χ3n) is 1.86. The molecule has 0 bridgehead atoms. The van der Waals surface area contributed by atoms with Crippen molar-refractivity contribution in [1.29, 1.82) is 0 Å². The zero-order chi connectivity index (χ0) is 10.7. The van der Waals surface area contributed by atoms with Gasteiger partial charge in [-0.05, 0) is 32.6 Å². The standard InChI is InChI=1S/C9H15N3OS/c1-6-7(5-12(2)3)4-8(14-6)9(13)11-10/h4H,5,10H2,1-3H3,(H,11,13). The Morgan fingerprint density at radius 1 is 1.64 bits per heavy atom. The van der Waals surface area contributed by atoms with Crippen LogP contribution in [-0.2, 0) is 6.54 Å². The van der Waals surface area contributed by atoms with Crippen LogP contribution in [0.1, 0.15) is 20.1 Å². The minimum atomic E-state index is -0.219. The molecule has 0 saturated heterocycles. The Morgan fingerprint density at radius 3 is 2.79 bits per heavy atom. The normalized spacial score (nSPS) is 10.6. The van der Waals surface area contributed by atoms with Gasteiger partial charge in [0.2, 0.25) is 0 Å². The average Bonchev–Trinajstić information content (AvgIpc) is 2.46. The summed E-state index contributed by atoms with van der Waals surface area (Å²) in [5, 5.41) is 0. The number of rotatable bonds is 3. The lowest BCUT2D eigenvalue weighted by atomic mass is 10.2. The van der Waals surface area contributed by atoms with E-state index in [0.29, 0.717) is 4.88 Å². The molecule has 1 heterocycles. The fourth-order valence-electron chi connectivity index (χ4n) is 1.20. The molecule has 78 valence electrons. The zero-order valence-corrected chi connectivity index (χ0v) is 9.44. The van der Waals surface area contributed by atoms with Crippen LogP contribution in [0, 0.1) is 6.92 Å². The summed E-state index contributed by atoms with van der Waals surface area (Å²) in [5.41, 5.74) is 3.31. The van der Waals surface area contributed by atoms with Crippen LogP contribution < -0.4 is 11.3 Å². The second kappa shape index (κ2) is 4.54. The number of hydrogen-bond donors (Lipinski definition) is 2. The number of nitrogens with zero attached hydrogens (tertiary/aromatic N) is 1. The Kier molecular flexibility index (Phi) is 3.62. The van der Waals surface area contributed by atoms with E-state index in [1.165, 1.54) is 16.9 Å². The van der Waals surface area contributed by atoms with Gasteiger partial charge in [-0.3, -0.25) is 10.2 Å². The summed E-state index contributed by atoms with van der Waals surface area (Å²) in [6.45, 7) is 2.86. The minimum Gasteiger partial charge on any atom is -0.305 e. The number of carbonyl (C=O) groups is 1. The molecule has 0 radical (unpaired) electrons. The Bertz CT molecular complexity index is 333. The highest BCUT2D eigenvalue weighted by Gasteiger charge is 2.11. The second-order valence-electron chi connectivity index (χ2n) is 3.40. The number of thiophene rings is 1. The van der Waals surface area contributed by atoms with Crippen molar-refractivity contribution in [2.45, 2.75) is 13.5 Å². The van der Waals surface area contributed by atoms with E-state index in [1.54, 1.807) is 0 Å². The van der Waals surface area contributed by atoms with Gasteiger partial charge in [0, 0.05) is 11.4 Å². The molecular formula is C9H15N3OS. The quantitative estimate of drug-likeness (QED) is 0.442. The molecule has 3 N–H and O–H groups in total. The van der Waals surface area contributed by atoms with Crippen molar-refractivity contribution in [3.8, 4) is 0 Å². The molecule has 4 nitrogen and oxygen atoms in total. The SMILES string of the molecule is Cc1sc(C(=O)NN)cc1CN(C)C. The molecule has 14 heavy (non-hydrogen) atoms. The van der Waals surface area contributed by atoms with Crippen LogP contribution in [0.15, 0.2) is 6.07 Å². The highest BCUT2D eigenvalue weighted by molar-refractivity contribution is 7.14. The van der Waals surface area contributed by atoms with Gasteiger partial charge in [-0.25, -0.2) is 5.84 Å². The first-order valence-corrected chi connectivity index (χ1v) is 5.11. The van der Waals surface area contributed by atoms with Gasteiger partial charge in [-0.15, -0.1) is 11.3 Å². The van der Waals surface area contributed by atoms with Crippen LogP contribution in [0.3, 0.4) is 0 Å². The first kappa shape index (κ1) is 11.2. The second-order valence-corrected chi connectivity index (χ2v) is 4.66. The van der Waals surface area contributed by atoms with Gasteiger partial charge >= 0.3 is 0 Å². The highest BCUT2D eigenvalue weighted by Crippen LogP contribution is 2.22. The molecule has 5 heteroatoms. The van der Waals surface area contributed by atoms with E-state index in [9.17, 15) is 4.79 Å². The van der Waals surface area contributed by atoms with Crippen molar-refractivity contribution < 1.29 is 4.79 Å². The Hall–Kier alpha value is -0.910. The van der Waals surface area contributed by atoms with Crippen LogP contribution in [0.2, 0.25) is 0 Å². The van der Waals surface area contributed by atoms with E-state index in [4.69, 9.17) is 5.84 Å². The van der Waals surface area contributed by atoms with Crippen LogP contribution in [0.5, 0.6) is 0 Å². The number of amides is 1. The molecule has 1 amide bonds. The van der Waals surface area contributed by atoms with Crippen molar-refractivity contribution in [1.82, 2.24) is 10.3 Å². The third-order valence-corrected chi connectivity index (χ3v) is 2.95. The molecule has 0 saturated carbocycles. The molecule has 0 aliphatic heterocycles. The number of nitrogens with one attached hydrogen (secondary N) is 1. The van der Waals surface area contributed by atoms with Crippen LogP contribution >= 0.6 is 11.3 Å². The lowest BCUT2D eigenvalue weighted by molar-refractivity contribution is 0.0957. The van der Waals surface area contributed by atoms with Crippen molar-refractivity contribution in [2.75, 3.05) is 14.1 Å². The summed E-state index contributed by atoms with van der Waals surface area (Å²) >= 11 is 1.47. The maximum Gasteiger partial charge on any atom is 0.275 e. The number of carbonyl (C=O) groups excluding carboxylic acids is 1. The number of nitrogen functional groups attached to an aromatic ring is 1. The van der Waals surface area contributed by atoms with E-state index in [0.717, 1.165) is 11.4 Å². The molecular weight excluding hydrogens is 198 g/mol. The fraction of sp³-hybridized carbons (Fsp3) is 0.444. The summed E-state index contributed by atoms with van der Waals surface area (Å²) in [5.74, 6) is 4.84. The summed E-state index contributed by atoms with van der Waals surface area (Å²) in [6, 6.07) is 1.89. The van der Waals surface area contributed by atoms with Gasteiger partial charge in [0.15, 0.2) is 0 Å². The first-order valence-electron chi connectivity index (χ1n) is 4.29. The van der Waals surface area contributed by atoms with Crippen LogP contribution in [0.25, 0.3) is 0 Å². The molecule has 0 aliphatic carbocycles. The molecule has 0 atom stereocenters. The molecule has 1 rings (SSSR count). The smallest absolute Gasteiger partial charge is 0.275 e. The predicted octanol–water partition coefficient (Wildman–Crippen LogP) is 0.722. The largest absolute Gasteiger partial charge is 0.305 e. The topological polar surface area (TPSA) is 58.4 Å². The number of hydrazine groups is 1. The van der Waals surface area contributed by atoms with Crippen LogP contribution in [-0.4, -0.2) is 24.9 Å². The average molecular weight is 213 g/mol. The van der Waals surface area contributed by atoms with Crippen molar-refractivity contribution in [3.63, 3.8) is 0 Å². The number of nitrogens with two attached hydrogens (primary N) is 1. The van der Waals surface area contributed by atoms with Crippen molar-refractivity contribution >= 4 is 17.2 Å². The molecule has 0 unspecified atom stereocenters. The predicted molar refractivity (Wildman–Crippen MR) is 58.1 cm³/mol. The maximum absolute atomic E-state index is 11.2. The van der Waals surface area contributed by atoms with Gasteiger partial charge in [0.25, 0.3) is 5.91 Å². The fourth-order valence-corrected chi connectivity index (χ4v) is 2.14. The lowest BCUT2D eigenvalue weighted by Crippen LogP contribution is -2.29. The third kappa shape index (κ3) is 2.54. The Labute approximate surface area is 87.7 Å². The Morgan fingerprint density at radius 2 is 2.29 bits per heavy atom. The number of hydrogen-bond acceptors (Lipinski definition) is 4.